The maximum Gasteiger partial charge on any atom is 0.268 e. The molecule has 3 aromatic rings. The van der Waals surface area contributed by atoms with Crippen LogP contribution in [0.3, 0.4) is 0 Å². The lowest BCUT2D eigenvalue weighted by Crippen LogP contribution is -2.21. The summed E-state index contributed by atoms with van der Waals surface area (Å²) in [6.07, 6.45) is 7.67. The van der Waals surface area contributed by atoms with Gasteiger partial charge in [-0.3, -0.25) is 4.79 Å². The van der Waals surface area contributed by atoms with Gasteiger partial charge in [-0.1, -0.05) is 32.9 Å². The first kappa shape index (κ1) is 19.7. The zero-order valence-corrected chi connectivity index (χ0v) is 16.4. The standard InChI is InChI=1S/C18H17BN4O3.C2H6/c1-25-17-6-16(12-3-2-4-19(7-12)11-20)22-18-15(8-21-23(17)18)13-5-14(9-24)26-10-13;1-2/h5-6,8-10,12H,2-4,7H2,1H3;1-2H3. The number of nitriles is 1. The molecule has 0 radical (unpaired) electrons. The number of carbonyl (C=O) groups excluding carboxylic acids is 1. The summed E-state index contributed by atoms with van der Waals surface area (Å²) in [4.78, 5) is 15.7. The van der Waals surface area contributed by atoms with E-state index in [1.807, 2.05) is 19.9 Å². The molecule has 3 aromatic heterocycles. The summed E-state index contributed by atoms with van der Waals surface area (Å²) < 4.78 is 12.4. The first-order valence-corrected chi connectivity index (χ1v) is 9.60. The highest BCUT2D eigenvalue weighted by atomic mass is 16.5. The van der Waals surface area contributed by atoms with Gasteiger partial charge in [-0.05, 0) is 18.4 Å². The van der Waals surface area contributed by atoms with Gasteiger partial charge in [0.05, 0.1) is 25.3 Å². The van der Waals surface area contributed by atoms with E-state index < -0.39 is 0 Å². The van der Waals surface area contributed by atoms with E-state index in [0.29, 0.717) is 17.8 Å². The maximum atomic E-state index is 10.9. The fourth-order valence-electron chi connectivity index (χ4n) is 3.64. The average molecular weight is 378 g/mol. The highest BCUT2D eigenvalue weighted by Gasteiger charge is 2.28. The molecule has 0 spiro atoms. The van der Waals surface area contributed by atoms with Crippen LogP contribution in [0, 0.1) is 11.2 Å². The van der Waals surface area contributed by atoms with Crippen molar-refractivity contribution in [1.29, 1.82) is 5.26 Å². The lowest BCUT2D eigenvalue weighted by atomic mass is 9.41. The Labute approximate surface area is 164 Å². The van der Waals surface area contributed by atoms with E-state index in [-0.39, 0.29) is 18.4 Å². The minimum Gasteiger partial charge on any atom is -0.481 e. The van der Waals surface area contributed by atoms with Gasteiger partial charge in [0.1, 0.15) is 0 Å². The summed E-state index contributed by atoms with van der Waals surface area (Å²) in [6, 6.07) is 3.57. The Kier molecular flexibility index (Phi) is 6.14. The predicted molar refractivity (Wildman–Crippen MR) is 107 cm³/mol. The van der Waals surface area contributed by atoms with Crippen LogP contribution in [0.2, 0.25) is 12.6 Å². The number of hydrogen-bond donors (Lipinski definition) is 0. The van der Waals surface area contributed by atoms with Crippen molar-refractivity contribution in [2.24, 2.45) is 0 Å². The molecule has 0 aromatic carbocycles. The van der Waals surface area contributed by atoms with Crippen molar-refractivity contribution in [3.8, 4) is 23.0 Å². The molecule has 0 aliphatic carbocycles. The van der Waals surface area contributed by atoms with Crippen molar-refractivity contribution in [3.05, 3.63) is 36.0 Å². The van der Waals surface area contributed by atoms with Gasteiger partial charge in [-0.25, -0.2) is 10.2 Å². The lowest BCUT2D eigenvalue weighted by molar-refractivity contribution is 0.110. The van der Waals surface area contributed by atoms with Gasteiger partial charge in [0.25, 0.3) is 6.71 Å². The Hall–Kier alpha value is -3.08. The zero-order chi connectivity index (χ0) is 20.1. The second-order valence-corrected chi connectivity index (χ2v) is 6.56. The molecule has 1 unspecified atom stereocenters. The summed E-state index contributed by atoms with van der Waals surface area (Å²) in [7, 11) is 1.60. The van der Waals surface area contributed by atoms with Gasteiger partial charge in [-0.2, -0.15) is 9.61 Å². The van der Waals surface area contributed by atoms with E-state index >= 15 is 0 Å². The van der Waals surface area contributed by atoms with Crippen LogP contribution in [0.15, 0.2) is 29.0 Å². The third-order valence-electron chi connectivity index (χ3n) is 4.99. The van der Waals surface area contributed by atoms with Crippen molar-refractivity contribution in [1.82, 2.24) is 14.6 Å². The number of aldehydes is 1. The number of methoxy groups -OCH3 is 1. The topological polar surface area (TPSA) is 93.4 Å². The molecule has 7 nitrogen and oxygen atoms in total. The van der Waals surface area contributed by atoms with Gasteiger partial charge in [-0.15, -0.1) is 0 Å². The van der Waals surface area contributed by atoms with Crippen LogP contribution in [0.4, 0.5) is 0 Å². The van der Waals surface area contributed by atoms with E-state index in [0.717, 1.165) is 42.3 Å². The molecule has 0 bridgehead atoms. The van der Waals surface area contributed by atoms with Gasteiger partial charge < -0.3 is 9.15 Å². The molecule has 144 valence electrons. The van der Waals surface area contributed by atoms with Crippen LogP contribution in [0.5, 0.6) is 5.88 Å². The second-order valence-electron chi connectivity index (χ2n) is 6.56. The molecular formula is C20H23BN4O3. The van der Waals surface area contributed by atoms with Crippen LogP contribution in [-0.2, 0) is 0 Å². The van der Waals surface area contributed by atoms with Crippen molar-refractivity contribution in [2.75, 3.05) is 7.11 Å². The SMILES string of the molecule is CC.COc1cc(C2CCCB(C#N)C2)nc2c(-c3coc(C=O)c3)cnn12. The van der Waals surface area contributed by atoms with Crippen molar-refractivity contribution >= 4 is 18.6 Å². The molecule has 1 aliphatic heterocycles. The summed E-state index contributed by atoms with van der Waals surface area (Å²) in [5, 5.41) is 13.6. The first-order chi connectivity index (χ1) is 13.7. The van der Waals surface area contributed by atoms with Gasteiger partial charge in [0.15, 0.2) is 17.7 Å². The molecule has 0 saturated carbocycles. The molecule has 1 atom stereocenters. The highest BCUT2D eigenvalue weighted by molar-refractivity contribution is 6.67. The normalized spacial score (nSPS) is 16.2. The minimum absolute atomic E-state index is 0.0752. The number of carbonyl (C=O) groups is 1. The summed E-state index contributed by atoms with van der Waals surface area (Å²) in [6.45, 7) is 4.08. The third kappa shape index (κ3) is 3.65. The Bertz CT molecular complexity index is 1000. The van der Waals surface area contributed by atoms with Crippen molar-refractivity contribution < 1.29 is 13.9 Å². The number of nitrogens with zero attached hydrogens (tertiary/aromatic N) is 4. The largest absolute Gasteiger partial charge is 0.481 e. The van der Waals surface area contributed by atoms with Crippen LogP contribution >= 0.6 is 0 Å². The zero-order valence-electron chi connectivity index (χ0n) is 16.4. The summed E-state index contributed by atoms with van der Waals surface area (Å²) in [5.41, 5.74) is 3.08. The van der Waals surface area contributed by atoms with Crippen LogP contribution in [-0.4, -0.2) is 34.7 Å². The molecule has 4 rings (SSSR count). The number of ether oxygens (including phenoxy) is 1. The molecule has 1 saturated heterocycles. The number of fused-ring (bicyclic) bond motifs is 1. The van der Waals surface area contributed by atoms with Crippen molar-refractivity contribution in [3.63, 3.8) is 0 Å². The van der Waals surface area contributed by atoms with Gasteiger partial charge >= 0.3 is 0 Å². The number of hydrogen-bond acceptors (Lipinski definition) is 6. The molecule has 1 aliphatic rings. The van der Waals surface area contributed by atoms with E-state index in [4.69, 9.17) is 14.1 Å². The highest BCUT2D eigenvalue weighted by Crippen LogP contribution is 2.35. The predicted octanol–water partition coefficient (Wildman–Crippen LogP) is 4.27. The third-order valence-corrected chi connectivity index (χ3v) is 4.99. The van der Waals surface area contributed by atoms with E-state index in [9.17, 15) is 10.1 Å². The maximum absolute atomic E-state index is 10.9. The number of furan rings is 1. The van der Waals surface area contributed by atoms with E-state index in [1.165, 1.54) is 6.26 Å². The van der Waals surface area contributed by atoms with Gasteiger partial charge in [0, 0.05) is 23.2 Å². The quantitative estimate of drug-likeness (QED) is 0.497. The van der Waals surface area contributed by atoms with E-state index in [1.54, 1.807) is 23.9 Å². The molecule has 0 amide bonds. The summed E-state index contributed by atoms with van der Waals surface area (Å²) >= 11 is 0. The Morgan fingerprint density at radius 3 is 2.93 bits per heavy atom. The van der Waals surface area contributed by atoms with E-state index in [2.05, 4.69) is 11.1 Å². The molecular weight excluding hydrogens is 355 g/mol. The second kappa shape index (κ2) is 8.74. The molecule has 8 heteroatoms. The number of rotatable bonds is 4. The first-order valence-electron chi connectivity index (χ1n) is 9.60. The fraction of sp³-hybridized carbons (Fsp3) is 0.400. The van der Waals surface area contributed by atoms with Crippen molar-refractivity contribution in [2.45, 2.75) is 45.2 Å². The Balaban J connectivity index is 0.00000109. The summed E-state index contributed by atoms with van der Waals surface area (Å²) in [5.74, 6) is 3.46. The molecule has 28 heavy (non-hydrogen) atoms. The minimum atomic E-state index is 0.0752. The monoisotopic (exact) mass is 378 g/mol. The molecule has 4 heterocycles. The fourth-order valence-corrected chi connectivity index (χ4v) is 3.64. The molecule has 1 fully saturated rings. The molecule has 0 N–H and O–H groups in total. The number of aromatic nitrogens is 3. The average Bonchev–Trinajstić information content (AvgIpc) is 3.41. The smallest absolute Gasteiger partial charge is 0.268 e. The Morgan fingerprint density at radius 1 is 1.43 bits per heavy atom. The van der Waals surface area contributed by atoms with Crippen LogP contribution in [0.25, 0.3) is 16.8 Å². The van der Waals surface area contributed by atoms with Gasteiger partial charge in [0.2, 0.25) is 5.88 Å². The van der Waals surface area contributed by atoms with Crippen LogP contribution in [0.1, 0.15) is 48.9 Å². The Morgan fingerprint density at radius 2 is 2.25 bits per heavy atom. The lowest BCUT2D eigenvalue weighted by Gasteiger charge is -2.23. The van der Waals surface area contributed by atoms with Crippen LogP contribution < -0.4 is 4.74 Å².